The van der Waals surface area contributed by atoms with E-state index in [1.165, 1.54) is 0 Å². The Morgan fingerprint density at radius 1 is 1.42 bits per heavy atom. The summed E-state index contributed by atoms with van der Waals surface area (Å²) in [6.07, 6.45) is 1.81. The third-order valence-electron chi connectivity index (χ3n) is 4.21. The molecule has 0 spiro atoms. The van der Waals surface area contributed by atoms with Crippen molar-refractivity contribution in [3.63, 3.8) is 0 Å². The van der Waals surface area contributed by atoms with Crippen molar-refractivity contribution in [1.82, 2.24) is 4.90 Å². The number of hydrogen-bond donors (Lipinski definition) is 1. The first kappa shape index (κ1) is 14.5. The van der Waals surface area contributed by atoms with Crippen LogP contribution in [0.15, 0.2) is 24.3 Å². The molecule has 0 aliphatic carbocycles. The number of methoxy groups -OCH3 is 1. The van der Waals surface area contributed by atoms with Crippen LogP contribution in [0.2, 0.25) is 0 Å². The first-order chi connectivity index (χ1) is 9.04. The highest BCUT2D eigenvalue weighted by molar-refractivity contribution is 5.27. The molecule has 2 unspecified atom stereocenters. The summed E-state index contributed by atoms with van der Waals surface area (Å²) in [6, 6.07) is 8.06. The van der Waals surface area contributed by atoms with Crippen molar-refractivity contribution in [2.75, 3.05) is 26.7 Å². The van der Waals surface area contributed by atoms with Crippen molar-refractivity contribution >= 4 is 0 Å². The fraction of sp³-hybridized carbons (Fsp3) is 0.625. The minimum Gasteiger partial charge on any atom is -0.387 e. The third-order valence-corrected chi connectivity index (χ3v) is 4.21. The summed E-state index contributed by atoms with van der Waals surface area (Å²) in [5, 5.41) is 10.4. The molecule has 1 fully saturated rings. The fourth-order valence-electron chi connectivity index (χ4n) is 2.93. The first-order valence-corrected chi connectivity index (χ1v) is 7.05. The Bertz CT molecular complexity index is 421. The molecule has 1 aliphatic heterocycles. The number of aryl methyl sites for hydroxylation is 1. The summed E-state index contributed by atoms with van der Waals surface area (Å²) in [6.45, 7) is 6.82. The highest BCUT2D eigenvalue weighted by Crippen LogP contribution is 2.26. The Morgan fingerprint density at radius 2 is 2.16 bits per heavy atom. The zero-order valence-corrected chi connectivity index (χ0v) is 12.2. The molecular formula is C16H25NO2. The van der Waals surface area contributed by atoms with Gasteiger partial charge >= 0.3 is 0 Å². The molecule has 1 saturated heterocycles. The van der Waals surface area contributed by atoms with E-state index >= 15 is 0 Å². The van der Waals surface area contributed by atoms with Crippen LogP contribution in [0.4, 0.5) is 0 Å². The van der Waals surface area contributed by atoms with E-state index in [0.29, 0.717) is 6.54 Å². The van der Waals surface area contributed by atoms with E-state index in [9.17, 15) is 5.11 Å². The van der Waals surface area contributed by atoms with Gasteiger partial charge in [-0.1, -0.05) is 24.3 Å². The molecule has 2 atom stereocenters. The van der Waals surface area contributed by atoms with E-state index in [-0.39, 0.29) is 5.60 Å². The van der Waals surface area contributed by atoms with Gasteiger partial charge in [-0.25, -0.2) is 0 Å². The number of ether oxygens (including phenoxy) is 1. The highest BCUT2D eigenvalue weighted by atomic mass is 16.5. The minimum atomic E-state index is -0.416. The van der Waals surface area contributed by atoms with Gasteiger partial charge in [0.25, 0.3) is 0 Å². The molecule has 0 saturated carbocycles. The highest BCUT2D eigenvalue weighted by Gasteiger charge is 2.31. The van der Waals surface area contributed by atoms with Gasteiger partial charge in [-0.2, -0.15) is 0 Å². The van der Waals surface area contributed by atoms with Crippen LogP contribution >= 0.6 is 0 Å². The molecule has 1 heterocycles. The molecule has 19 heavy (non-hydrogen) atoms. The van der Waals surface area contributed by atoms with Gasteiger partial charge in [-0.15, -0.1) is 0 Å². The Labute approximate surface area is 116 Å². The van der Waals surface area contributed by atoms with E-state index in [0.717, 1.165) is 37.1 Å². The lowest BCUT2D eigenvalue weighted by atomic mass is 9.94. The topological polar surface area (TPSA) is 32.7 Å². The summed E-state index contributed by atoms with van der Waals surface area (Å²) >= 11 is 0. The lowest BCUT2D eigenvalue weighted by Gasteiger charge is -2.40. The van der Waals surface area contributed by atoms with Crippen molar-refractivity contribution in [3.05, 3.63) is 35.4 Å². The predicted molar refractivity (Wildman–Crippen MR) is 77.2 cm³/mol. The van der Waals surface area contributed by atoms with Crippen LogP contribution in [0.3, 0.4) is 0 Å². The maximum atomic E-state index is 10.4. The molecule has 0 aromatic heterocycles. The normalized spacial score (nSPS) is 26.3. The van der Waals surface area contributed by atoms with Crippen molar-refractivity contribution in [1.29, 1.82) is 0 Å². The Hall–Kier alpha value is -0.900. The molecule has 1 aromatic rings. The maximum Gasteiger partial charge on any atom is 0.0919 e. The Balaban J connectivity index is 1.99. The molecule has 0 radical (unpaired) electrons. The zero-order chi connectivity index (χ0) is 13.9. The molecule has 1 aromatic carbocycles. The van der Waals surface area contributed by atoms with Crippen LogP contribution in [0.1, 0.15) is 37.0 Å². The van der Waals surface area contributed by atoms with Crippen molar-refractivity contribution < 1.29 is 9.84 Å². The van der Waals surface area contributed by atoms with Gasteiger partial charge in [0.2, 0.25) is 0 Å². The van der Waals surface area contributed by atoms with Gasteiger partial charge in [0.05, 0.1) is 11.7 Å². The lowest BCUT2D eigenvalue weighted by molar-refractivity contribution is -0.0587. The van der Waals surface area contributed by atoms with E-state index in [2.05, 4.69) is 11.8 Å². The Kier molecular flexibility index (Phi) is 4.61. The molecule has 106 valence electrons. The molecule has 3 heteroatoms. The number of likely N-dealkylation sites (tertiary alicyclic amines) is 1. The molecule has 3 nitrogen and oxygen atoms in total. The quantitative estimate of drug-likeness (QED) is 0.906. The van der Waals surface area contributed by atoms with Gasteiger partial charge in [0, 0.05) is 20.2 Å². The van der Waals surface area contributed by atoms with Gasteiger partial charge in [0.1, 0.15) is 0 Å². The molecule has 0 amide bonds. The van der Waals surface area contributed by atoms with E-state index in [1.54, 1.807) is 7.11 Å². The van der Waals surface area contributed by atoms with Gasteiger partial charge in [-0.05, 0) is 44.4 Å². The van der Waals surface area contributed by atoms with Crippen molar-refractivity contribution in [3.8, 4) is 0 Å². The summed E-state index contributed by atoms with van der Waals surface area (Å²) in [7, 11) is 1.78. The number of β-amino-alcohol motifs (C(OH)–C–C–N with tert-alkyl or cyclic N) is 1. The van der Waals surface area contributed by atoms with Crippen LogP contribution in [-0.4, -0.2) is 42.4 Å². The number of piperidine rings is 1. The summed E-state index contributed by atoms with van der Waals surface area (Å²) in [4.78, 5) is 2.31. The van der Waals surface area contributed by atoms with Crippen LogP contribution in [0.5, 0.6) is 0 Å². The monoisotopic (exact) mass is 263 g/mol. The standard InChI is InChI=1S/C16H25NO2/c1-13-7-4-5-8-14(13)15(18)11-17-10-6-9-16(2,12-17)19-3/h4-5,7-8,15,18H,6,9-12H2,1-3H3. The van der Waals surface area contributed by atoms with Gasteiger partial charge in [0.15, 0.2) is 0 Å². The third kappa shape index (κ3) is 3.56. The molecular weight excluding hydrogens is 238 g/mol. The number of aliphatic hydroxyl groups excluding tert-OH is 1. The number of hydrogen-bond acceptors (Lipinski definition) is 3. The minimum absolute atomic E-state index is 0.0658. The average Bonchev–Trinajstić information content (AvgIpc) is 2.39. The number of rotatable bonds is 4. The van der Waals surface area contributed by atoms with Crippen LogP contribution in [-0.2, 0) is 4.74 Å². The average molecular weight is 263 g/mol. The maximum absolute atomic E-state index is 10.4. The van der Waals surface area contributed by atoms with Gasteiger partial charge in [-0.3, -0.25) is 4.90 Å². The second kappa shape index (κ2) is 6.04. The fourth-order valence-corrected chi connectivity index (χ4v) is 2.93. The summed E-state index contributed by atoms with van der Waals surface area (Å²) in [5.41, 5.74) is 2.12. The predicted octanol–water partition coefficient (Wildman–Crippen LogP) is 2.53. The summed E-state index contributed by atoms with van der Waals surface area (Å²) < 4.78 is 5.60. The zero-order valence-electron chi connectivity index (χ0n) is 12.2. The number of benzene rings is 1. The van der Waals surface area contributed by atoms with Crippen molar-refractivity contribution in [2.24, 2.45) is 0 Å². The number of nitrogens with zero attached hydrogens (tertiary/aromatic N) is 1. The van der Waals surface area contributed by atoms with Crippen molar-refractivity contribution in [2.45, 2.75) is 38.4 Å². The molecule has 1 N–H and O–H groups in total. The SMILES string of the molecule is COC1(C)CCCN(CC(O)c2ccccc2C)C1. The largest absolute Gasteiger partial charge is 0.387 e. The molecule has 0 bridgehead atoms. The van der Waals surface area contributed by atoms with Crippen LogP contribution < -0.4 is 0 Å². The molecule has 2 rings (SSSR count). The second-order valence-electron chi connectivity index (χ2n) is 5.87. The summed E-state index contributed by atoms with van der Waals surface area (Å²) in [5.74, 6) is 0. The smallest absolute Gasteiger partial charge is 0.0919 e. The van der Waals surface area contributed by atoms with Crippen LogP contribution in [0.25, 0.3) is 0 Å². The molecule has 1 aliphatic rings. The van der Waals surface area contributed by atoms with Gasteiger partial charge < -0.3 is 9.84 Å². The lowest BCUT2D eigenvalue weighted by Crippen LogP contribution is -2.48. The van der Waals surface area contributed by atoms with E-state index in [4.69, 9.17) is 4.74 Å². The Morgan fingerprint density at radius 3 is 2.84 bits per heavy atom. The van der Waals surface area contributed by atoms with E-state index < -0.39 is 6.10 Å². The van der Waals surface area contributed by atoms with Crippen LogP contribution in [0, 0.1) is 6.92 Å². The van der Waals surface area contributed by atoms with E-state index in [1.807, 2.05) is 31.2 Å². The second-order valence-corrected chi connectivity index (χ2v) is 5.87. The first-order valence-electron chi connectivity index (χ1n) is 7.05. The number of aliphatic hydroxyl groups is 1.